The number of methoxy groups -OCH3 is 6. The van der Waals surface area contributed by atoms with E-state index in [-0.39, 0.29) is 29.4 Å². The maximum atomic E-state index is 13.5. The number of carboxylic acids is 1. The number of carbonyl (C=O) groups is 3. The number of aromatic nitrogens is 1. The largest absolute Gasteiger partial charge is 0.497 e. The summed E-state index contributed by atoms with van der Waals surface area (Å²) in [5.41, 5.74) is 3.83. The molecule has 1 saturated carbocycles. The van der Waals surface area contributed by atoms with E-state index in [2.05, 4.69) is 29.1 Å². The van der Waals surface area contributed by atoms with Crippen molar-refractivity contribution in [2.24, 2.45) is 17.8 Å². The Balaban J connectivity index is 0.000000875. The van der Waals surface area contributed by atoms with Crippen LogP contribution in [-0.4, -0.2) is 101 Å². The quantitative estimate of drug-likeness (QED) is 0.239. The third kappa shape index (κ3) is 7.53. The van der Waals surface area contributed by atoms with Gasteiger partial charge in [0.25, 0.3) is 5.97 Å². The highest BCUT2D eigenvalue weighted by atomic mass is 16.6. The Morgan fingerprint density at radius 3 is 2.14 bits per heavy atom. The number of benzene rings is 2. The first kappa shape index (κ1) is 38.1. The van der Waals surface area contributed by atoms with Gasteiger partial charge in [-0.15, -0.1) is 13.2 Å². The van der Waals surface area contributed by atoms with E-state index in [0.717, 1.165) is 44.1 Å². The van der Waals surface area contributed by atoms with Crippen molar-refractivity contribution in [1.29, 1.82) is 0 Å². The summed E-state index contributed by atoms with van der Waals surface area (Å²) in [4.78, 5) is 42.1. The van der Waals surface area contributed by atoms with Gasteiger partial charge in [0.05, 0.1) is 53.1 Å². The lowest BCUT2D eigenvalue weighted by atomic mass is 9.63. The Morgan fingerprint density at radius 2 is 1.58 bits per heavy atom. The van der Waals surface area contributed by atoms with E-state index >= 15 is 0 Å². The molecular formula is C37H48N2O11. The Kier molecular flexibility index (Phi) is 12.8. The molecule has 0 spiro atoms. The van der Waals surface area contributed by atoms with Gasteiger partial charge < -0.3 is 43.2 Å². The smallest absolute Gasteiger partial charge is 0.338 e. The lowest BCUT2D eigenvalue weighted by molar-refractivity contribution is -0.176. The molecule has 272 valence electrons. The van der Waals surface area contributed by atoms with Crippen LogP contribution in [-0.2, 0) is 30.2 Å². The molecule has 50 heavy (non-hydrogen) atoms. The van der Waals surface area contributed by atoms with E-state index in [1.807, 2.05) is 12.1 Å². The summed E-state index contributed by atoms with van der Waals surface area (Å²) >= 11 is 0. The average Bonchev–Trinajstić information content (AvgIpc) is 3.51. The van der Waals surface area contributed by atoms with Gasteiger partial charge in [-0.05, 0) is 60.9 Å². The van der Waals surface area contributed by atoms with Gasteiger partial charge in [-0.3, -0.25) is 14.5 Å². The Hall–Kier alpha value is -4.75. The van der Waals surface area contributed by atoms with Gasteiger partial charge in [-0.25, -0.2) is 4.79 Å². The molecule has 1 saturated heterocycles. The number of hydrogen-bond donors (Lipinski definition) is 2. The zero-order chi connectivity index (χ0) is 36.7. The highest BCUT2D eigenvalue weighted by molar-refractivity contribution is 5.91. The van der Waals surface area contributed by atoms with Crippen molar-refractivity contribution in [3.05, 3.63) is 60.3 Å². The molecule has 3 heterocycles. The van der Waals surface area contributed by atoms with Crippen molar-refractivity contribution in [3.8, 4) is 23.0 Å². The maximum absolute atomic E-state index is 13.5. The van der Waals surface area contributed by atoms with Crippen molar-refractivity contribution in [2.45, 2.75) is 44.4 Å². The number of fused-ring (bicyclic) bond motifs is 6. The number of carboxylic acid groups (broad SMARTS) is 1. The highest BCUT2D eigenvalue weighted by Gasteiger charge is 2.54. The van der Waals surface area contributed by atoms with Gasteiger partial charge in [-0.1, -0.05) is 0 Å². The number of esters is 2. The third-order valence-corrected chi connectivity index (χ3v) is 9.76. The summed E-state index contributed by atoms with van der Waals surface area (Å²) in [6.45, 7) is 8.77. The van der Waals surface area contributed by atoms with Crippen molar-refractivity contribution >= 4 is 28.8 Å². The molecule has 3 aliphatic rings. The molecule has 0 amide bonds. The Morgan fingerprint density at radius 1 is 0.920 bits per heavy atom. The van der Waals surface area contributed by atoms with Crippen LogP contribution in [0.2, 0.25) is 0 Å². The van der Waals surface area contributed by atoms with Gasteiger partial charge in [0.2, 0.25) is 5.75 Å². The molecule has 2 fully saturated rings. The molecule has 2 N–H and O–H groups in total. The van der Waals surface area contributed by atoms with Crippen molar-refractivity contribution in [2.75, 3.05) is 55.7 Å². The number of H-pyrrole nitrogens is 1. The van der Waals surface area contributed by atoms with Crippen LogP contribution in [0.5, 0.6) is 23.0 Å². The second kappa shape index (κ2) is 16.8. The average molecular weight is 697 g/mol. The van der Waals surface area contributed by atoms with E-state index in [1.165, 1.54) is 45.1 Å². The van der Waals surface area contributed by atoms with Crippen LogP contribution < -0.4 is 18.9 Å². The van der Waals surface area contributed by atoms with Crippen molar-refractivity contribution < 1.29 is 52.6 Å². The number of nitrogens with zero attached hydrogens (tertiary/aromatic N) is 1. The fourth-order valence-electron chi connectivity index (χ4n) is 7.76. The molecule has 2 aliphatic heterocycles. The topological polar surface area (TPSA) is 155 Å². The first-order valence-electron chi connectivity index (χ1n) is 16.3. The number of ether oxygens (including phenoxy) is 7. The molecule has 6 atom stereocenters. The van der Waals surface area contributed by atoms with Gasteiger partial charge in [0.15, 0.2) is 11.5 Å². The van der Waals surface area contributed by atoms with Crippen LogP contribution in [0.4, 0.5) is 0 Å². The first-order valence-corrected chi connectivity index (χ1v) is 16.3. The fraction of sp³-hybridized carbons (Fsp3) is 0.486. The summed E-state index contributed by atoms with van der Waals surface area (Å²) in [6.07, 6.45) is 0.920. The second-order valence-corrected chi connectivity index (χ2v) is 12.2. The molecule has 1 aromatic heterocycles. The SMILES string of the molecule is C=C.CC(=O)O.COC(=O)[C@H]1[C@H]2C[C@@H]3c4[nH]c5cc(OC)ccc5c4CCN3C[C@H]2C[C@@H](OC(=O)c2cc(OC)c(OC)c(OC)c2)[C@@H]1OC. The lowest BCUT2D eigenvalue weighted by Crippen LogP contribution is -2.58. The number of rotatable bonds is 8. The molecule has 13 heteroatoms. The van der Waals surface area contributed by atoms with Crippen LogP contribution in [0, 0.1) is 17.8 Å². The molecule has 0 radical (unpaired) electrons. The normalized spacial score (nSPS) is 23.6. The number of aliphatic carboxylic acids is 1. The Labute approximate surface area is 292 Å². The standard InChI is InChI=1S/C33H40N2O9.C2H4O2.C2H4/c1-38-19-7-8-20-21-9-10-35-16-18-13-27(44-32(36)17-11-25(39-2)30(41-4)26(12-17)40-3)31(42-5)28(33(37)43-6)22(18)15-24(35)29(21)34-23(20)14-19;1-2(3)4;1-2/h7-8,11-12,14,18,22,24,27-28,31,34H,9-10,13,15-16H2,1-6H3;1H3,(H,3,4);1-2H2/t18-,22+,24-,27-,28+,31+;;/m1../s1. The van der Waals surface area contributed by atoms with E-state index in [4.69, 9.17) is 43.1 Å². The predicted octanol–water partition coefficient (Wildman–Crippen LogP) is 5.06. The number of piperidine rings is 1. The van der Waals surface area contributed by atoms with Gasteiger partial charge in [-0.2, -0.15) is 0 Å². The van der Waals surface area contributed by atoms with Gasteiger partial charge in [0.1, 0.15) is 18.0 Å². The first-order chi connectivity index (χ1) is 24.1. The number of carbonyl (C=O) groups excluding carboxylic acids is 2. The maximum Gasteiger partial charge on any atom is 0.338 e. The van der Waals surface area contributed by atoms with Crippen molar-refractivity contribution in [1.82, 2.24) is 9.88 Å². The number of aromatic amines is 1. The summed E-state index contributed by atoms with van der Waals surface area (Å²) < 4.78 is 39.1. The van der Waals surface area contributed by atoms with Gasteiger partial charge >= 0.3 is 11.9 Å². The zero-order valence-corrected chi connectivity index (χ0v) is 29.8. The summed E-state index contributed by atoms with van der Waals surface area (Å²) in [7, 11) is 9.10. The molecule has 6 rings (SSSR count). The Bertz CT molecular complexity index is 1640. The predicted molar refractivity (Wildman–Crippen MR) is 185 cm³/mol. The third-order valence-electron chi connectivity index (χ3n) is 9.76. The van der Waals surface area contributed by atoms with Crippen molar-refractivity contribution in [3.63, 3.8) is 0 Å². The fourth-order valence-corrected chi connectivity index (χ4v) is 7.76. The van der Waals surface area contributed by atoms with E-state index in [1.54, 1.807) is 26.4 Å². The lowest BCUT2D eigenvalue weighted by Gasteiger charge is -2.52. The van der Waals surface area contributed by atoms with E-state index in [0.29, 0.717) is 23.7 Å². The van der Waals surface area contributed by atoms with Crippen LogP contribution >= 0.6 is 0 Å². The van der Waals surface area contributed by atoms with Crippen LogP contribution in [0.1, 0.15) is 47.4 Å². The molecule has 2 aromatic carbocycles. The molecule has 13 nitrogen and oxygen atoms in total. The van der Waals surface area contributed by atoms with E-state index in [9.17, 15) is 9.59 Å². The minimum atomic E-state index is -0.833. The number of nitrogens with one attached hydrogen (secondary N) is 1. The minimum absolute atomic E-state index is 0.0170. The molecular weight excluding hydrogens is 648 g/mol. The molecule has 0 unspecified atom stereocenters. The van der Waals surface area contributed by atoms with E-state index < -0.39 is 30.1 Å². The zero-order valence-electron chi connectivity index (χ0n) is 29.8. The van der Waals surface area contributed by atoms with Gasteiger partial charge in [0, 0.05) is 49.8 Å². The summed E-state index contributed by atoms with van der Waals surface area (Å²) in [5, 5.41) is 8.63. The van der Waals surface area contributed by atoms with Crippen LogP contribution in [0.25, 0.3) is 10.9 Å². The molecule has 1 aliphatic carbocycles. The molecule has 0 bridgehead atoms. The summed E-state index contributed by atoms with van der Waals surface area (Å²) in [6, 6.07) is 9.40. The summed E-state index contributed by atoms with van der Waals surface area (Å²) in [5.74, 6) is -0.393. The monoisotopic (exact) mass is 696 g/mol. The van der Waals surface area contributed by atoms with Crippen LogP contribution in [0.15, 0.2) is 43.5 Å². The second-order valence-electron chi connectivity index (χ2n) is 12.2. The number of hydrogen-bond acceptors (Lipinski definition) is 11. The minimum Gasteiger partial charge on any atom is -0.497 e. The molecule has 3 aromatic rings. The highest BCUT2D eigenvalue weighted by Crippen LogP contribution is 2.51. The van der Waals surface area contributed by atoms with Crippen LogP contribution in [0.3, 0.4) is 0 Å².